The predicted molar refractivity (Wildman–Crippen MR) is 51.4 cm³/mol. The van der Waals surface area contributed by atoms with E-state index in [2.05, 4.69) is 5.32 Å². The van der Waals surface area contributed by atoms with Crippen molar-refractivity contribution in [1.82, 2.24) is 5.32 Å². The van der Waals surface area contributed by atoms with E-state index in [1.165, 1.54) is 0 Å². The van der Waals surface area contributed by atoms with Crippen LogP contribution in [-0.4, -0.2) is 41.0 Å². The Labute approximate surface area is 79.0 Å². The molecule has 0 amide bonds. The Morgan fingerprint density at radius 2 is 2.08 bits per heavy atom. The standard InChI is InChI=1S/C8H16N2O2S/c9-13(11)5-1-8(2-6-13)7-10-3-4-12-8/h9-10H,1-7H2. The second-order valence-electron chi connectivity index (χ2n) is 3.93. The molecule has 2 heterocycles. The minimum Gasteiger partial charge on any atom is -0.372 e. The summed E-state index contributed by atoms with van der Waals surface area (Å²) in [5.41, 5.74) is -0.0970. The van der Waals surface area contributed by atoms with E-state index in [9.17, 15) is 4.21 Å². The summed E-state index contributed by atoms with van der Waals surface area (Å²) in [6.07, 6.45) is 1.56. The van der Waals surface area contributed by atoms with Crippen molar-refractivity contribution in [2.45, 2.75) is 18.4 Å². The van der Waals surface area contributed by atoms with Crippen LogP contribution in [0, 0.1) is 4.78 Å². The molecule has 2 aliphatic rings. The molecule has 2 aliphatic heterocycles. The zero-order valence-corrected chi connectivity index (χ0v) is 8.49. The van der Waals surface area contributed by atoms with Crippen LogP contribution in [0.5, 0.6) is 0 Å². The second kappa shape index (κ2) is 3.22. The quantitative estimate of drug-likeness (QED) is 0.592. The molecule has 0 atom stereocenters. The first kappa shape index (κ1) is 9.43. The lowest BCUT2D eigenvalue weighted by Crippen LogP contribution is -2.53. The van der Waals surface area contributed by atoms with Crippen LogP contribution in [0.1, 0.15) is 12.8 Å². The molecule has 0 aliphatic carbocycles. The van der Waals surface area contributed by atoms with Gasteiger partial charge in [-0.2, -0.15) is 0 Å². The summed E-state index contributed by atoms with van der Waals surface area (Å²) in [4.78, 5) is 0. The van der Waals surface area contributed by atoms with Gasteiger partial charge in [0.05, 0.1) is 12.2 Å². The molecule has 0 saturated carbocycles. The minimum absolute atomic E-state index is 0.0970. The van der Waals surface area contributed by atoms with Gasteiger partial charge in [-0.05, 0) is 12.8 Å². The van der Waals surface area contributed by atoms with Gasteiger partial charge in [0.25, 0.3) is 0 Å². The zero-order valence-electron chi connectivity index (χ0n) is 7.67. The third-order valence-electron chi connectivity index (χ3n) is 2.91. The number of morpholine rings is 1. The predicted octanol–water partition coefficient (Wildman–Crippen LogP) is 0.186. The number of hydrogen-bond donors (Lipinski definition) is 2. The van der Waals surface area contributed by atoms with Gasteiger partial charge in [0.15, 0.2) is 0 Å². The van der Waals surface area contributed by atoms with Crippen molar-refractivity contribution in [2.75, 3.05) is 31.2 Å². The first-order valence-corrected chi connectivity index (χ1v) is 6.60. The fourth-order valence-corrected chi connectivity index (χ4v) is 3.56. The van der Waals surface area contributed by atoms with E-state index >= 15 is 0 Å². The summed E-state index contributed by atoms with van der Waals surface area (Å²) in [5.74, 6) is 1.02. The maximum Gasteiger partial charge on any atom is 0.0825 e. The zero-order chi connectivity index (χ0) is 9.36. The van der Waals surface area contributed by atoms with Crippen molar-refractivity contribution in [1.29, 1.82) is 4.78 Å². The highest BCUT2D eigenvalue weighted by atomic mass is 32.2. The molecule has 5 heteroatoms. The van der Waals surface area contributed by atoms with E-state index in [1.54, 1.807) is 0 Å². The summed E-state index contributed by atoms with van der Waals surface area (Å²) in [6, 6.07) is 0. The van der Waals surface area contributed by atoms with Crippen LogP contribution in [0.2, 0.25) is 0 Å². The maximum atomic E-state index is 11.4. The molecule has 2 N–H and O–H groups in total. The van der Waals surface area contributed by atoms with Crippen LogP contribution in [0.15, 0.2) is 0 Å². The summed E-state index contributed by atoms with van der Waals surface area (Å²) >= 11 is 0. The number of ether oxygens (including phenoxy) is 1. The highest BCUT2D eigenvalue weighted by molar-refractivity contribution is 7.92. The molecular formula is C8H16N2O2S. The summed E-state index contributed by atoms with van der Waals surface area (Å²) in [7, 11) is -2.27. The van der Waals surface area contributed by atoms with Crippen LogP contribution < -0.4 is 5.32 Å². The van der Waals surface area contributed by atoms with Gasteiger partial charge in [0.2, 0.25) is 0 Å². The van der Waals surface area contributed by atoms with Crippen molar-refractivity contribution in [2.24, 2.45) is 0 Å². The Bertz CT molecular complexity index is 265. The Balaban J connectivity index is 2.03. The van der Waals surface area contributed by atoms with Crippen LogP contribution >= 0.6 is 0 Å². The highest BCUT2D eigenvalue weighted by Gasteiger charge is 2.37. The van der Waals surface area contributed by atoms with Crippen molar-refractivity contribution in [3.8, 4) is 0 Å². The van der Waals surface area contributed by atoms with Crippen LogP contribution in [0.4, 0.5) is 0 Å². The lowest BCUT2D eigenvalue weighted by molar-refractivity contribution is -0.0712. The number of rotatable bonds is 0. The van der Waals surface area contributed by atoms with Gasteiger partial charge in [-0.15, -0.1) is 0 Å². The Hall–Kier alpha value is -0.130. The Morgan fingerprint density at radius 1 is 1.38 bits per heavy atom. The van der Waals surface area contributed by atoms with Gasteiger partial charge in [-0.25, -0.2) is 4.21 Å². The lowest BCUT2D eigenvalue weighted by Gasteiger charge is -2.40. The molecule has 0 aromatic rings. The first-order valence-electron chi connectivity index (χ1n) is 4.71. The van der Waals surface area contributed by atoms with Crippen molar-refractivity contribution in [3.63, 3.8) is 0 Å². The average molecular weight is 204 g/mol. The van der Waals surface area contributed by atoms with Crippen LogP contribution in [0.25, 0.3) is 0 Å². The minimum atomic E-state index is -2.27. The lowest BCUT2D eigenvalue weighted by atomic mass is 9.95. The van der Waals surface area contributed by atoms with E-state index in [1.807, 2.05) is 0 Å². The molecule has 2 fully saturated rings. The molecule has 0 unspecified atom stereocenters. The smallest absolute Gasteiger partial charge is 0.0825 e. The van der Waals surface area contributed by atoms with E-state index in [-0.39, 0.29) is 5.60 Å². The summed E-state index contributed by atoms with van der Waals surface area (Å²) in [6.45, 7) is 2.53. The Kier molecular flexibility index (Phi) is 2.33. The van der Waals surface area contributed by atoms with Crippen molar-refractivity contribution >= 4 is 9.73 Å². The molecule has 0 bridgehead atoms. The average Bonchev–Trinajstić information content (AvgIpc) is 2.13. The first-order chi connectivity index (χ1) is 6.12. The molecule has 0 aromatic carbocycles. The highest BCUT2D eigenvalue weighted by Crippen LogP contribution is 2.28. The molecule has 2 rings (SSSR count). The molecule has 13 heavy (non-hydrogen) atoms. The van der Waals surface area contributed by atoms with E-state index in [0.29, 0.717) is 11.5 Å². The van der Waals surface area contributed by atoms with Crippen molar-refractivity contribution in [3.05, 3.63) is 0 Å². The fraction of sp³-hybridized carbons (Fsp3) is 1.00. The van der Waals surface area contributed by atoms with E-state index in [4.69, 9.17) is 9.52 Å². The van der Waals surface area contributed by atoms with Crippen LogP contribution in [-0.2, 0) is 14.5 Å². The molecular weight excluding hydrogens is 188 g/mol. The topological polar surface area (TPSA) is 62.2 Å². The molecule has 0 aromatic heterocycles. The van der Waals surface area contributed by atoms with Gasteiger partial charge >= 0.3 is 0 Å². The van der Waals surface area contributed by atoms with Gasteiger partial charge in [0.1, 0.15) is 0 Å². The third-order valence-corrected chi connectivity index (χ3v) is 4.64. The van der Waals surface area contributed by atoms with Gasteiger partial charge in [-0.1, -0.05) is 0 Å². The summed E-state index contributed by atoms with van der Waals surface area (Å²) < 4.78 is 24.6. The van der Waals surface area contributed by atoms with Crippen molar-refractivity contribution < 1.29 is 8.95 Å². The SMILES string of the molecule is N=S1(=O)CCC2(CC1)CNCCO2. The normalized spacial score (nSPS) is 46.5. The molecule has 76 valence electrons. The molecule has 4 nitrogen and oxygen atoms in total. The summed E-state index contributed by atoms with van der Waals surface area (Å²) in [5, 5.41) is 3.29. The van der Waals surface area contributed by atoms with Crippen LogP contribution in [0.3, 0.4) is 0 Å². The fourth-order valence-electron chi connectivity index (χ4n) is 1.96. The largest absolute Gasteiger partial charge is 0.372 e. The monoisotopic (exact) mass is 204 g/mol. The second-order valence-corrected chi connectivity index (χ2v) is 6.37. The number of nitrogens with one attached hydrogen (secondary N) is 2. The Morgan fingerprint density at radius 3 is 2.62 bits per heavy atom. The maximum absolute atomic E-state index is 11.4. The van der Waals surface area contributed by atoms with E-state index < -0.39 is 9.73 Å². The molecule has 2 saturated heterocycles. The molecule has 1 spiro atoms. The van der Waals surface area contributed by atoms with E-state index in [0.717, 1.165) is 32.5 Å². The van der Waals surface area contributed by atoms with Gasteiger partial charge < -0.3 is 10.1 Å². The third kappa shape index (κ3) is 2.03. The molecule has 0 radical (unpaired) electrons. The van der Waals surface area contributed by atoms with Gasteiger partial charge in [0, 0.05) is 34.3 Å². The van der Waals surface area contributed by atoms with Gasteiger partial charge in [-0.3, -0.25) is 4.78 Å². The number of hydrogen-bond acceptors (Lipinski definition) is 4.